The van der Waals surface area contributed by atoms with E-state index in [1.807, 2.05) is 0 Å². The fourth-order valence-corrected chi connectivity index (χ4v) is 1.33. The molecule has 18 heavy (non-hydrogen) atoms. The van der Waals surface area contributed by atoms with Gasteiger partial charge in [-0.2, -0.15) is 0 Å². The maximum Gasteiger partial charge on any atom is 0.251 e. The quantitative estimate of drug-likeness (QED) is 0.698. The summed E-state index contributed by atoms with van der Waals surface area (Å²) in [5.41, 5.74) is 5.48. The van der Waals surface area contributed by atoms with E-state index in [1.165, 1.54) is 19.2 Å². The van der Waals surface area contributed by atoms with Crippen molar-refractivity contribution in [1.82, 2.24) is 5.32 Å². The van der Waals surface area contributed by atoms with Gasteiger partial charge in [-0.3, -0.25) is 4.79 Å². The third-order valence-corrected chi connectivity index (χ3v) is 2.21. The number of nitrogens with two attached hydrogens (primary N) is 1. The number of halogens is 1. The van der Waals surface area contributed by atoms with Gasteiger partial charge in [-0.05, 0) is 18.2 Å². The van der Waals surface area contributed by atoms with E-state index in [0.29, 0.717) is 26.3 Å². The lowest BCUT2D eigenvalue weighted by atomic mass is 10.2. The first kappa shape index (κ1) is 14.4. The molecule has 1 rings (SSSR count). The Morgan fingerprint density at radius 3 is 2.83 bits per heavy atom. The van der Waals surface area contributed by atoms with Gasteiger partial charge in [0.25, 0.3) is 5.91 Å². The molecule has 5 nitrogen and oxygen atoms in total. The minimum Gasteiger partial charge on any atom is -0.494 e. The van der Waals surface area contributed by atoms with E-state index in [0.717, 1.165) is 6.07 Å². The first-order chi connectivity index (χ1) is 8.69. The monoisotopic (exact) mass is 256 g/mol. The number of ether oxygens (including phenoxy) is 2. The van der Waals surface area contributed by atoms with Crippen molar-refractivity contribution in [2.45, 2.75) is 0 Å². The van der Waals surface area contributed by atoms with Gasteiger partial charge in [0.05, 0.1) is 20.3 Å². The first-order valence-corrected chi connectivity index (χ1v) is 5.58. The predicted molar refractivity (Wildman–Crippen MR) is 65.2 cm³/mol. The number of amides is 1. The second-order valence-electron chi connectivity index (χ2n) is 3.51. The van der Waals surface area contributed by atoms with Gasteiger partial charge in [-0.15, -0.1) is 0 Å². The normalized spacial score (nSPS) is 10.2. The van der Waals surface area contributed by atoms with Gasteiger partial charge < -0.3 is 20.5 Å². The molecule has 0 bridgehead atoms. The molecule has 0 aliphatic carbocycles. The average molecular weight is 256 g/mol. The Hall–Kier alpha value is -1.66. The van der Waals surface area contributed by atoms with Crippen LogP contribution in [0.1, 0.15) is 10.4 Å². The number of methoxy groups -OCH3 is 1. The van der Waals surface area contributed by atoms with Gasteiger partial charge in [0.2, 0.25) is 0 Å². The zero-order valence-electron chi connectivity index (χ0n) is 10.2. The van der Waals surface area contributed by atoms with Crippen LogP contribution in [0.5, 0.6) is 5.75 Å². The summed E-state index contributed by atoms with van der Waals surface area (Å²) < 4.78 is 23.2. The standard InChI is InChI=1S/C12H17FN2O3/c1-17-11-3-2-9(8-10(11)13)12(16)15-5-7-18-6-4-14/h2-3,8H,4-7,14H2,1H3,(H,15,16). The maximum absolute atomic E-state index is 13.4. The lowest BCUT2D eigenvalue weighted by Gasteiger charge is -2.07. The molecule has 0 fully saturated rings. The van der Waals surface area contributed by atoms with E-state index < -0.39 is 5.82 Å². The van der Waals surface area contributed by atoms with Crippen molar-refractivity contribution < 1.29 is 18.7 Å². The number of rotatable bonds is 7. The molecule has 0 atom stereocenters. The number of carbonyl (C=O) groups excluding carboxylic acids is 1. The molecule has 0 saturated heterocycles. The van der Waals surface area contributed by atoms with Gasteiger partial charge >= 0.3 is 0 Å². The van der Waals surface area contributed by atoms with Gasteiger partial charge in [0.1, 0.15) is 0 Å². The van der Waals surface area contributed by atoms with Crippen molar-refractivity contribution in [1.29, 1.82) is 0 Å². The highest BCUT2D eigenvalue weighted by Crippen LogP contribution is 2.17. The SMILES string of the molecule is COc1ccc(C(=O)NCCOCCN)cc1F. The zero-order valence-corrected chi connectivity index (χ0v) is 10.2. The number of carbonyl (C=O) groups is 1. The van der Waals surface area contributed by atoms with Crippen molar-refractivity contribution in [3.63, 3.8) is 0 Å². The lowest BCUT2D eigenvalue weighted by Crippen LogP contribution is -2.28. The molecule has 1 aromatic carbocycles. The van der Waals surface area contributed by atoms with E-state index in [-0.39, 0.29) is 17.2 Å². The van der Waals surface area contributed by atoms with Crippen LogP contribution in [0, 0.1) is 5.82 Å². The third kappa shape index (κ3) is 4.31. The molecule has 1 aromatic rings. The Morgan fingerprint density at radius 1 is 1.44 bits per heavy atom. The highest BCUT2D eigenvalue weighted by molar-refractivity contribution is 5.94. The Morgan fingerprint density at radius 2 is 2.22 bits per heavy atom. The van der Waals surface area contributed by atoms with E-state index in [1.54, 1.807) is 0 Å². The summed E-state index contributed by atoms with van der Waals surface area (Å²) in [4.78, 5) is 11.6. The van der Waals surface area contributed by atoms with Crippen molar-refractivity contribution in [2.24, 2.45) is 5.73 Å². The van der Waals surface area contributed by atoms with Crippen LogP contribution in [0.4, 0.5) is 4.39 Å². The van der Waals surface area contributed by atoms with E-state index in [4.69, 9.17) is 15.2 Å². The molecule has 6 heteroatoms. The second-order valence-corrected chi connectivity index (χ2v) is 3.51. The number of benzene rings is 1. The zero-order chi connectivity index (χ0) is 13.4. The highest BCUT2D eigenvalue weighted by atomic mass is 19.1. The summed E-state index contributed by atoms with van der Waals surface area (Å²) in [6.07, 6.45) is 0. The Bertz CT molecular complexity index is 399. The summed E-state index contributed by atoms with van der Waals surface area (Å²) in [5.74, 6) is -0.810. The number of nitrogens with one attached hydrogen (secondary N) is 1. The molecule has 0 aromatic heterocycles. The van der Waals surface area contributed by atoms with Crippen LogP contribution in [0.3, 0.4) is 0 Å². The molecular weight excluding hydrogens is 239 g/mol. The van der Waals surface area contributed by atoms with Crippen molar-refractivity contribution in [3.8, 4) is 5.75 Å². The molecule has 0 radical (unpaired) electrons. The largest absolute Gasteiger partial charge is 0.494 e. The summed E-state index contributed by atoms with van der Waals surface area (Å²) in [7, 11) is 1.37. The summed E-state index contributed by atoms with van der Waals surface area (Å²) in [6.45, 7) is 1.62. The van der Waals surface area contributed by atoms with Gasteiger partial charge in [-0.25, -0.2) is 4.39 Å². The molecule has 3 N–H and O–H groups in total. The van der Waals surface area contributed by atoms with Crippen LogP contribution in [-0.2, 0) is 4.74 Å². The fourth-order valence-electron chi connectivity index (χ4n) is 1.33. The van der Waals surface area contributed by atoms with Crippen molar-refractivity contribution in [3.05, 3.63) is 29.6 Å². The van der Waals surface area contributed by atoms with Gasteiger partial charge in [-0.1, -0.05) is 0 Å². The summed E-state index contributed by atoms with van der Waals surface area (Å²) >= 11 is 0. The molecular formula is C12H17FN2O3. The van der Waals surface area contributed by atoms with Crippen LogP contribution >= 0.6 is 0 Å². The molecule has 1 amide bonds. The lowest BCUT2D eigenvalue weighted by molar-refractivity contribution is 0.0919. The molecule has 0 unspecified atom stereocenters. The van der Waals surface area contributed by atoms with Crippen LogP contribution in [-0.4, -0.2) is 39.3 Å². The summed E-state index contributed by atoms with van der Waals surface area (Å²) in [6, 6.07) is 4.04. The van der Waals surface area contributed by atoms with Crippen LogP contribution in [0.25, 0.3) is 0 Å². The maximum atomic E-state index is 13.4. The molecule has 0 aliphatic heterocycles. The summed E-state index contributed by atoms with van der Waals surface area (Å²) in [5, 5.41) is 2.61. The van der Waals surface area contributed by atoms with Crippen LogP contribution < -0.4 is 15.8 Å². The molecule has 0 spiro atoms. The Kier molecular flexibility index (Phi) is 6.10. The highest BCUT2D eigenvalue weighted by Gasteiger charge is 2.09. The minimum absolute atomic E-state index is 0.109. The minimum atomic E-state index is -0.565. The van der Waals surface area contributed by atoms with E-state index >= 15 is 0 Å². The van der Waals surface area contributed by atoms with Crippen LogP contribution in [0.15, 0.2) is 18.2 Å². The molecule has 0 aliphatic rings. The number of hydrogen-bond acceptors (Lipinski definition) is 4. The van der Waals surface area contributed by atoms with Crippen LogP contribution in [0.2, 0.25) is 0 Å². The predicted octanol–water partition coefficient (Wildman–Crippen LogP) is 0.539. The number of hydrogen-bond donors (Lipinski definition) is 2. The van der Waals surface area contributed by atoms with E-state index in [2.05, 4.69) is 5.32 Å². The van der Waals surface area contributed by atoms with Crippen molar-refractivity contribution in [2.75, 3.05) is 33.4 Å². The van der Waals surface area contributed by atoms with E-state index in [9.17, 15) is 9.18 Å². The third-order valence-electron chi connectivity index (χ3n) is 2.21. The van der Waals surface area contributed by atoms with Gasteiger partial charge in [0, 0.05) is 18.7 Å². The Balaban J connectivity index is 2.44. The molecule has 0 saturated carbocycles. The fraction of sp³-hybridized carbons (Fsp3) is 0.417. The molecule has 0 heterocycles. The van der Waals surface area contributed by atoms with Gasteiger partial charge in [0.15, 0.2) is 11.6 Å². The molecule has 100 valence electrons. The Labute approximate surface area is 105 Å². The second kappa shape index (κ2) is 7.62. The first-order valence-electron chi connectivity index (χ1n) is 5.58. The average Bonchev–Trinajstić information content (AvgIpc) is 2.38. The van der Waals surface area contributed by atoms with Crippen molar-refractivity contribution >= 4 is 5.91 Å². The topological polar surface area (TPSA) is 73.6 Å². The smallest absolute Gasteiger partial charge is 0.251 e.